The minimum Gasteiger partial charge on any atom is -0.444 e. The van der Waals surface area contributed by atoms with Crippen molar-refractivity contribution in [3.8, 4) is 0 Å². The van der Waals surface area contributed by atoms with Gasteiger partial charge in [0, 0.05) is 51.0 Å². The van der Waals surface area contributed by atoms with Crippen molar-refractivity contribution in [3.05, 3.63) is 23.2 Å². The Labute approximate surface area is 167 Å². The van der Waals surface area contributed by atoms with Crippen LogP contribution in [0.1, 0.15) is 33.6 Å². The third-order valence-corrected chi connectivity index (χ3v) is 5.56. The maximum atomic E-state index is 12.2. The Kier molecular flexibility index (Phi) is 6.06. The smallest absolute Gasteiger partial charge is 0.410 e. The Morgan fingerprint density at radius 1 is 1.11 bits per heavy atom. The molecular formula is C20H31ClN4O2. The van der Waals surface area contributed by atoms with Crippen LogP contribution in [0.15, 0.2) is 18.2 Å². The number of nitrogen functional groups attached to an aromatic ring is 1. The molecule has 3 rings (SSSR count). The van der Waals surface area contributed by atoms with Crippen LogP contribution in [0.5, 0.6) is 0 Å². The molecular weight excluding hydrogens is 364 g/mol. The number of nitrogens with zero attached hydrogens (tertiary/aromatic N) is 3. The van der Waals surface area contributed by atoms with E-state index >= 15 is 0 Å². The van der Waals surface area contributed by atoms with Crippen LogP contribution in [0.3, 0.4) is 0 Å². The molecule has 0 bridgehead atoms. The first-order chi connectivity index (χ1) is 12.7. The first-order valence-electron chi connectivity index (χ1n) is 9.75. The van der Waals surface area contributed by atoms with Gasteiger partial charge in [0.2, 0.25) is 0 Å². The fourth-order valence-electron chi connectivity index (χ4n) is 3.85. The van der Waals surface area contributed by atoms with Gasteiger partial charge in [-0.25, -0.2) is 4.79 Å². The second-order valence-electron chi connectivity index (χ2n) is 8.43. The van der Waals surface area contributed by atoms with Crippen LogP contribution in [-0.2, 0) is 4.74 Å². The minimum absolute atomic E-state index is 0.199. The van der Waals surface area contributed by atoms with Gasteiger partial charge in [-0.05, 0) is 51.8 Å². The minimum atomic E-state index is -0.440. The zero-order valence-electron chi connectivity index (χ0n) is 16.6. The highest BCUT2D eigenvalue weighted by molar-refractivity contribution is 6.33. The summed E-state index contributed by atoms with van der Waals surface area (Å²) < 4.78 is 5.48. The van der Waals surface area contributed by atoms with Crippen molar-refractivity contribution in [1.29, 1.82) is 0 Å². The van der Waals surface area contributed by atoms with Crippen molar-refractivity contribution in [2.45, 2.75) is 45.3 Å². The lowest BCUT2D eigenvalue weighted by Gasteiger charge is -2.43. The summed E-state index contributed by atoms with van der Waals surface area (Å²) in [6, 6.07) is 6.30. The van der Waals surface area contributed by atoms with E-state index in [1.54, 1.807) is 0 Å². The molecule has 1 aromatic carbocycles. The molecule has 1 amide bonds. The van der Waals surface area contributed by atoms with Crippen molar-refractivity contribution in [2.75, 3.05) is 49.9 Å². The van der Waals surface area contributed by atoms with Gasteiger partial charge in [-0.15, -0.1) is 0 Å². The lowest BCUT2D eigenvalue weighted by atomic mass is 10.0. The number of halogens is 1. The van der Waals surface area contributed by atoms with E-state index in [0.717, 1.165) is 62.8 Å². The van der Waals surface area contributed by atoms with E-state index in [4.69, 9.17) is 22.1 Å². The van der Waals surface area contributed by atoms with E-state index in [1.165, 1.54) is 0 Å². The Balaban J connectivity index is 1.48. The second-order valence-corrected chi connectivity index (χ2v) is 8.84. The molecule has 0 aromatic heterocycles. The van der Waals surface area contributed by atoms with Crippen LogP contribution in [0.2, 0.25) is 5.02 Å². The van der Waals surface area contributed by atoms with Crippen LogP contribution in [0.25, 0.3) is 0 Å². The SMILES string of the molecule is CC(C)(C)OC(=O)N1CCN(C2CCN(c3ccc(N)cc3Cl)CC2)CC1. The van der Waals surface area contributed by atoms with Crippen LogP contribution < -0.4 is 10.6 Å². The average Bonchev–Trinajstić information content (AvgIpc) is 2.61. The molecule has 2 N–H and O–H groups in total. The average molecular weight is 395 g/mol. The topological polar surface area (TPSA) is 62.0 Å². The van der Waals surface area contributed by atoms with Crippen LogP contribution >= 0.6 is 11.6 Å². The fraction of sp³-hybridized carbons (Fsp3) is 0.650. The van der Waals surface area contributed by atoms with E-state index in [0.29, 0.717) is 11.7 Å². The Hall–Kier alpha value is -1.66. The van der Waals surface area contributed by atoms with E-state index < -0.39 is 5.60 Å². The molecule has 27 heavy (non-hydrogen) atoms. The first-order valence-corrected chi connectivity index (χ1v) is 10.1. The Morgan fingerprint density at radius 3 is 2.30 bits per heavy atom. The van der Waals surface area contributed by atoms with Gasteiger partial charge < -0.3 is 20.3 Å². The van der Waals surface area contributed by atoms with Gasteiger partial charge in [-0.2, -0.15) is 0 Å². The van der Waals surface area contributed by atoms with E-state index in [9.17, 15) is 4.79 Å². The lowest BCUT2D eigenvalue weighted by molar-refractivity contribution is 0.00902. The molecule has 7 heteroatoms. The molecule has 6 nitrogen and oxygen atoms in total. The maximum Gasteiger partial charge on any atom is 0.410 e. The number of nitrogens with two attached hydrogens (primary N) is 1. The lowest BCUT2D eigenvalue weighted by Crippen LogP contribution is -2.55. The summed E-state index contributed by atoms with van der Waals surface area (Å²) in [5, 5.41) is 0.722. The van der Waals surface area contributed by atoms with Crippen molar-refractivity contribution < 1.29 is 9.53 Å². The number of piperidine rings is 1. The number of hydrogen-bond acceptors (Lipinski definition) is 5. The molecule has 2 aliphatic heterocycles. The van der Waals surface area contributed by atoms with Gasteiger partial charge in [0.05, 0.1) is 10.7 Å². The summed E-state index contributed by atoms with van der Waals surface area (Å²) in [6.45, 7) is 11.0. The Morgan fingerprint density at radius 2 is 1.74 bits per heavy atom. The molecule has 0 aliphatic carbocycles. The molecule has 2 heterocycles. The van der Waals surface area contributed by atoms with Crippen LogP contribution in [0.4, 0.5) is 16.2 Å². The van der Waals surface area contributed by atoms with Gasteiger partial charge in [0.15, 0.2) is 0 Å². The van der Waals surface area contributed by atoms with Gasteiger partial charge >= 0.3 is 6.09 Å². The third-order valence-electron chi connectivity index (χ3n) is 5.26. The van der Waals surface area contributed by atoms with E-state index in [1.807, 2.05) is 43.9 Å². The highest BCUT2D eigenvalue weighted by Gasteiger charge is 2.31. The number of piperazine rings is 1. The number of rotatable bonds is 2. The number of ether oxygens (including phenoxy) is 1. The van der Waals surface area contributed by atoms with Gasteiger partial charge in [0.25, 0.3) is 0 Å². The molecule has 1 aromatic rings. The predicted octanol–water partition coefficient (Wildman–Crippen LogP) is 3.44. The van der Waals surface area contributed by atoms with Gasteiger partial charge in [-0.3, -0.25) is 4.90 Å². The summed E-state index contributed by atoms with van der Waals surface area (Å²) in [4.78, 5) is 18.9. The standard InChI is InChI=1S/C20H31ClN4O2/c1-20(2,3)27-19(26)25-12-10-23(11-13-25)16-6-8-24(9-7-16)18-5-4-15(22)14-17(18)21/h4-5,14,16H,6-13,22H2,1-3H3. The van der Waals surface area contributed by atoms with Crippen molar-refractivity contribution in [1.82, 2.24) is 9.80 Å². The summed E-state index contributed by atoms with van der Waals surface area (Å²) in [5.74, 6) is 0. The summed E-state index contributed by atoms with van der Waals surface area (Å²) in [6.07, 6.45) is 2.01. The highest BCUT2D eigenvalue weighted by Crippen LogP contribution is 2.31. The number of amides is 1. The molecule has 150 valence electrons. The third kappa shape index (κ3) is 5.20. The molecule has 0 radical (unpaired) electrons. The van der Waals surface area contributed by atoms with Crippen LogP contribution in [0, 0.1) is 0 Å². The number of carbonyl (C=O) groups is 1. The molecule has 2 fully saturated rings. The number of benzene rings is 1. The summed E-state index contributed by atoms with van der Waals surface area (Å²) in [5.41, 5.74) is 7.12. The molecule has 0 atom stereocenters. The summed E-state index contributed by atoms with van der Waals surface area (Å²) in [7, 11) is 0. The predicted molar refractivity (Wildman–Crippen MR) is 110 cm³/mol. The molecule has 2 saturated heterocycles. The number of carbonyl (C=O) groups excluding carboxylic acids is 1. The van der Waals surface area contributed by atoms with Gasteiger partial charge in [-0.1, -0.05) is 11.6 Å². The van der Waals surface area contributed by atoms with Crippen molar-refractivity contribution >= 4 is 29.1 Å². The molecule has 0 saturated carbocycles. The van der Waals surface area contributed by atoms with E-state index in [2.05, 4.69) is 9.80 Å². The van der Waals surface area contributed by atoms with Crippen molar-refractivity contribution in [3.63, 3.8) is 0 Å². The largest absolute Gasteiger partial charge is 0.444 e. The normalized spacial score (nSPS) is 20.0. The van der Waals surface area contributed by atoms with E-state index in [-0.39, 0.29) is 6.09 Å². The summed E-state index contributed by atoms with van der Waals surface area (Å²) >= 11 is 6.36. The zero-order chi connectivity index (χ0) is 19.6. The van der Waals surface area contributed by atoms with Gasteiger partial charge in [0.1, 0.15) is 5.60 Å². The fourth-order valence-corrected chi connectivity index (χ4v) is 4.16. The molecule has 0 unspecified atom stereocenters. The zero-order valence-corrected chi connectivity index (χ0v) is 17.3. The van der Waals surface area contributed by atoms with Crippen molar-refractivity contribution in [2.24, 2.45) is 0 Å². The maximum absolute atomic E-state index is 12.2. The monoisotopic (exact) mass is 394 g/mol. The van der Waals surface area contributed by atoms with Crippen LogP contribution in [-0.4, -0.2) is 66.8 Å². The second kappa shape index (κ2) is 8.15. The highest BCUT2D eigenvalue weighted by atomic mass is 35.5. The quantitative estimate of drug-likeness (QED) is 0.778. The number of hydrogen-bond donors (Lipinski definition) is 1. The molecule has 0 spiro atoms. The Bertz CT molecular complexity index is 660. The molecule has 2 aliphatic rings. The first kappa shape index (κ1) is 20.1. The number of anilines is 2.